The number of likely N-dealkylation sites (N-methyl/N-ethyl adjacent to an activating group) is 1. The van der Waals surface area contributed by atoms with Crippen molar-refractivity contribution in [3.8, 4) is 0 Å². The maximum Gasteiger partial charge on any atom is 0.246 e. The number of benzene rings is 2. The summed E-state index contributed by atoms with van der Waals surface area (Å²) in [4.78, 5) is 30.4. The first-order valence-electron chi connectivity index (χ1n) is 8.59. The van der Waals surface area contributed by atoms with E-state index in [1.807, 2.05) is 56.3 Å². The molecule has 0 unspecified atom stereocenters. The summed E-state index contributed by atoms with van der Waals surface area (Å²) in [6.45, 7) is 3.93. The lowest BCUT2D eigenvalue weighted by Crippen LogP contribution is -2.34. The van der Waals surface area contributed by atoms with Gasteiger partial charge in [-0.15, -0.1) is 11.3 Å². The Bertz CT molecular complexity index is 990. The summed E-state index contributed by atoms with van der Waals surface area (Å²) >= 11 is 1.52. The van der Waals surface area contributed by atoms with E-state index in [-0.39, 0.29) is 18.4 Å². The zero-order valence-corrected chi connectivity index (χ0v) is 16.3. The second kappa shape index (κ2) is 8.14. The van der Waals surface area contributed by atoms with Crippen molar-refractivity contribution in [2.45, 2.75) is 13.8 Å². The molecule has 0 aliphatic rings. The number of hydrogen-bond donors (Lipinski definition) is 1. The van der Waals surface area contributed by atoms with Crippen molar-refractivity contribution in [3.05, 3.63) is 64.7 Å². The number of para-hydroxylation sites is 1. The number of amides is 2. The average Bonchev–Trinajstić information content (AvgIpc) is 3.06. The molecule has 2 aromatic carbocycles. The SMILES string of the molecule is Cc1cccc(NC(=O)CN(C)C(=O)/C=C/c2nc3ccccc3s2)c1C. The van der Waals surface area contributed by atoms with Gasteiger partial charge >= 0.3 is 0 Å². The molecule has 0 saturated carbocycles. The molecule has 0 aliphatic heterocycles. The fraction of sp³-hybridized carbons (Fsp3) is 0.190. The highest BCUT2D eigenvalue weighted by molar-refractivity contribution is 7.19. The predicted molar refractivity (Wildman–Crippen MR) is 111 cm³/mol. The first kappa shape index (κ1) is 18.8. The number of hydrogen-bond acceptors (Lipinski definition) is 4. The highest BCUT2D eigenvalue weighted by Gasteiger charge is 2.12. The van der Waals surface area contributed by atoms with Crippen molar-refractivity contribution < 1.29 is 9.59 Å². The van der Waals surface area contributed by atoms with Gasteiger partial charge in [-0.25, -0.2) is 4.98 Å². The lowest BCUT2D eigenvalue weighted by molar-refractivity contribution is -0.129. The maximum atomic E-state index is 12.3. The van der Waals surface area contributed by atoms with Crippen molar-refractivity contribution in [2.75, 3.05) is 18.9 Å². The minimum absolute atomic E-state index is 0.0175. The molecule has 2 amide bonds. The monoisotopic (exact) mass is 379 g/mol. The number of anilines is 1. The fourth-order valence-electron chi connectivity index (χ4n) is 2.60. The number of thiazole rings is 1. The van der Waals surface area contributed by atoms with E-state index in [1.54, 1.807) is 13.1 Å². The van der Waals surface area contributed by atoms with Gasteiger partial charge in [-0.3, -0.25) is 9.59 Å². The molecule has 138 valence electrons. The lowest BCUT2D eigenvalue weighted by atomic mass is 10.1. The predicted octanol–water partition coefficient (Wildman–Crippen LogP) is 4.02. The molecule has 0 bridgehead atoms. The molecule has 27 heavy (non-hydrogen) atoms. The van der Waals surface area contributed by atoms with Crippen LogP contribution in [-0.2, 0) is 9.59 Å². The van der Waals surface area contributed by atoms with Crippen LogP contribution < -0.4 is 5.32 Å². The van der Waals surface area contributed by atoms with Crippen molar-refractivity contribution in [1.82, 2.24) is 9.88 Å². The molecule has 0 radical (unpaired) electrons. The molecule has 0 spiro atoms. The van der Waals surface area contributed by atoms with Gasteiger partial charge in [0.2, 0.25) is 11.8 Å². The van der Waals surface area contributed by atoms with Gasteiger partial charge in [0.25, 0.3) is 0 Å². The third-order valence-corrected chi connectivity index (χ3v) is 5.32. The van der Waals surface area contributed by atoms with E-state index in [1.165, 1.54) is 22.3 Å². The molecule has 0 aliphatic carbocycles. The van der Waals surface area contributed by atoms with E-state index < -0.39 is 0 Å². The minimum Gasteiger partial charge on any atom is -0.333 e. The zero-order valence-electron chi connectivity index (χ0n) is 15.5. The molecular weight excluding hydrogens is 358 g/mol. The number of fused-ring (bicyclic) bond motifs is 1. The van der Waals surface area contributed by atoms with Crippen LogP contribution in [0.4, 0.5) is 5.69 Å². The molecule has 6 heteroatoms. The quantitative estimate of drug-likeness (QED) is 0.681. The number of carbonyl (C=O) groups is 2. The first-order valence-corrected chi connectivity index (χ1v) is 9.40. The van der Waals surface area contributed by atoms with Crippen LogP contribution in [-0.4, -0.2) is 35.3 Å². The van der Waals surface area contributed by atoms with Crippen LogP contribution in [0.15, 0.2) is 48.5 Å². The summed E-state index contributed by atoms with van der Waals surface area (Å²) in [7, 11) is 1.60. The second-order valence-electron chi connectivity index (χ2n) is 6.34. The van der Waals surface area contributed by atoms with Crippen LogP contribution in [0, 0.1) is 13.8 Å². The van der Waals surface area contributed by atoms with E-state index in [0.717, 1.165) is 32.0 Å². The van der Waals surface area contributed by atoms with Gasteiger partial charge in [0.15, 0.2) is 0 Å². The highest BCUT2D eigenvalue weighted by atomic mass is 32.1. The molecular formula is C21H21N3O2S. The Morgan fingerprint density at radius 2 is 1.93 bits per heavy atom. The Labute approximate surface area is 162 Å². The maximum absolute atomic E-state index is 12.3. The third-order valence-electron chi connectivity index (χ3n) is 4.31. The van der Waals surface area contributed by atoms with Crippen LogP contribution in [0.1, 0.15) is 16.1 Å². The van der Waals surface area contributed by atoms with E-state index in [4.69, 9.17) is 0 Å². The number of aryl methyl sites for hydroxylation is 1. The fourth-order valence-corrected chi connectivity index (χ4v) is 3.47. The molecule has 3 rings (SSSR count). The highest BCUT2D eigenvalue weighted by Crippen LogP contribution is 2.22. The molecule has 1 N–H and O–H groups in total. The molecule has 1 heterocycles. The van der Waals surface area contributed by atoms with Crippen LogP contribution in [0.5, 0.6) is 0 Å². The van der Waals surface area contributed by atoms with E-state index in [0.29, 0.717) is 0 Å². The van der Waals surface area contributed by atoms with Gasteiger partial charge in [0.05, 0.1) is 16.8 Å². The van der Waals surface area contributed by atoms with Crippen LogP contribution in [0.2, 0.25) is 0 Å². The Balaban J connectivity index is 1.59. The number of aromatic nitrogens is 1. The van der Waals surface area contributed by atoms with Gasteiger partial charge in [0, 0.05) is 18.8 Å². The van der Waals surface area contributed by atoms with Gasteiger partial charge in [-0.05, 0) is 49.2 Å². The molecule has 0 atom stereocenters. The minimum atomic E-state index is -0.245. The van der Waals surface area contributed by atoms with E-state index >= 15 is 0 Å². The van der Waals surface area contributed by atoms with Gasteiger partial charge in [-0.2, -0.15) is 0 Å². The number of nitrogens with one attached hydrogen (secondary N) is 1. The largest absolute Gasteiger partial charge is 0.333 e. The summed E-state index contributed by atoms with van der Waals surface area (Å²) in [6, 6.07) is 13.6. The summed E-state index contributed by atoms with van der Waals surface area (Å²) < 4.78 is 1.07. The Morgan fingerprint density at radius 3 is 2.70 bits per heavy atom. The van der Waals surface area contributed by atoms with Crippen LogP contribution >= 0.6 is 11.3 Å². The van der Waals surface area contributed by atoms with Crippen LogP contribution in [0.25, 0.3) is 16.3 Å². The van der Waals surface area contributed by atoms with E-state index in [9.17, 15) is 9.59 Å². The Morgan fingerprint density at radius 1 is 1.15 bits per heavy atom. The average molecular weight is 379 g/mol. The van der Waals surface area contributed by atoms with Crippen LogP contribution in [0.3, 0.4) is 0 Å². The molecule has 5 nitrogen and oxygen atoms in total. The Kier molecular flexibility index (Phi) is 5.66. The summed E-state index contributed by atoms with van der Waals surface area (Å²) in [5, 5.41) is 3.62. The topological polar surface area (TPSA) is 62.3 Å². The molecule has 3 aromatic rings. The molecule has 0 fully saturated rings. The zero-order chi connectivity index (χ0) is 19.4. The number of rotatable bonds is 5. The van der Waals surface area contributed by atoms with Crippen molar-refractivity contribution >= 4 is 45.1 Å². The standard InChI is InChI=1S/C21H21N3O2S/c1-14-7-6-9-16(15(14)2)22-19(25)13-24(3)21(26)12-11-20-23-17-8-4-5-10-18(17)27-20/h4-12H,13H2,1-3H3,(H,22,25)/b12-11+. The number of carbonyl (C=O) groups excluding carboxylic acids is 2. The van der Waals surface area contributed by atoms with E-state index in [2.05, 4.69) is 10.3 Å². The normalized spacial score (nSPS) is 11.1. The number of nitrogens with zero attached hydrogens (tertiary/aromatic N) is 2. The van der Waals surface area contributed by atoms with Gasteiger partial charge in [-0.1, -0.05) is 24.3 Å². The smallest absolute Gasteiger partial charge is 0.246 e. The molecule has 1 aromatic heterocycles. The van der Waals surface area contributed by atoms with Crippen molar-refractivity contribution in [3.63, 3.8) is 0 Å². The first-order chi connectivity index (χ1) is 12.9. The third kappa shape index (κ3) is 4.60. The summed E-state index contributed by atoms with van der Waals surface area (Å²) in [6.07, 6.45) is 3.13. The summed E-state index contributed by atoms with van der Waals surface area (Å²) in [5.74, 6) is -0.474. The Hall–Kier alpha value is -2.99. The van der Waals surface area contributed by atoms with Crippen molar-refractivity contribution in [2.24, 2.45) is 0 Å². The summed E-state index contributed by atoms with van der Waals surface area (Å²) in [5.41, 5.74) is 3.81. The van der Waals surface area contributed by atoms with Gasteiger partial charge in [0.1, 0.15) is 5.01 Å². The molecule has 0 saturated heterocycles. The van der Waals surface area contributed by atoms with Crippen molar-refractivity contribution in [1.29, 1.82) is 0 Å². The second-order valence-corrected chi connectivity index (χ2v) is 7.41. The lowest BCUT2D eigenvalue weighted by Gasteiger charge is -2.16. The van der Waals surface area contributed by atoms with Gasteiger partial charge < -0.3 is 10.2 Å².